The summed E-state index contributed by atoms with van der Waals surface area (Å²) in [4.78, 5) is 68.7. The number of hydrazone groups is 1. The Morgan fingerprint density at radius 2 is 0.957 bits per heavy atom. The molecule has 141 heavy (non-hydrogen) atoms. The molecule has 10 heterocycles. The molecule has 13 fully saturated rings. The Morgan fingerprint density at radius 1 is 0.461 bits per heavy atom. The van der Waals surface area contributed by atoms with Gasteiger partial charge in [-0.2, -0.15) is 5.10 Å². The molecule has 0 spiro atoms. The van der Waals surface area contributed by atoms with Gasteiger partial charge in [-0.05, 0) is 131 Å². The third-order valence-electron chi connectivity index (χ3n) is 33.4. The number of rotatable bonds is 30. The van der Waals surface area contributed by atoms with Crippen molar-refractivity contribution >= 4 is 36.4 Å². The summed E-state index contributed by atoms with van der Waals surface area (Å²) in [6.45, 7) is 15.0. The Morgan fingerprint density at radius 3 is 1.56 bits per heavy atom. The van der Waals surface area contributed by atoms with Gasteiger partial charge < -0.3 is 202 Å². The molecular formula is C92H143N3O46. The van der Waals surface area contributed by atoms with Crippen LogP contribution in [0.3, 0.4) is 0 Å². The quantitative estimate of drug-likeness (QED) is 0.00464. The molecule has 23 N–H and O–H groups in total. The third-order valence-corrected chi connectivity index (χ3v) is 33.4. The lowest BCUT2D eigenvalue weighted by atomic mass is 9.33. The lowest BCUT2D eigenvalue weighted by Crippen LogP contribution is -2.69. The maximum Gasteiger partial charge on any atom is 0.317 e. The van der Waals surface area contributed by atoms with Gasteiger partial charge >= 0.3 is 5.97 Å². The van der Waals surface area contributed by atoms with E-state index in [0.717, 1.165) is 10.5 Å². The number of esters is 1. The molecule has 0 aromatic carbocycles. The molecule has 10 aliphatic heterocycles. The van der Waals surface area contributed by atoms with E-state index in [0.29, 0.717) is 57.8 Å². The number of amides is 3. The number of imide groups is 1. The summed E-state index contributed by atoms with van der Waals surface area (Å²) in [7, 11) is 0. The minimum absolute atomic E-state index is 0.0149. The lowest BCUT2D eigenvalue weighted by Gasteiger charge is -2.71. The van der Waals surface area contributed by atoms with Crippen LogP contribution in [0.1, 0.15) is 153 Å². The number of nitrogens with one attached hydrogen (secondary N) is 1. The first-order chi connectivity index (χ1) is 66.5. The van der Waals surface area contributed by atoms with Crippen molar-refractivity contribution in [2.75, 3.05) is 39.6 Å². The van der Waals surface area contributed by atoms with E-state index >= 15 is 4.79 Å². The Bertz CT molecular complexity index is 4340. The smallest absolute Gasteiger partial charge is 0.317 e. The molecule has 4 saturated carbocycles. The number of hydrogen-bond donors (Lipinski definition) is 23. The van der Waals surface area contributed by atoms with Gasteiger partial charge in [-0.1, -0.05) is 66.5 Å². The zero-order chi connectivity index (χ0) is 102. The number of nitrogens with zero attached hydrogens (tertiary/aromatic N) is 2. The fraction of sp³-hybridized carbons (Fsp3) is 0.891. The van der Waals surface area contributed by atoms with Gasteiger partial charge in [0.25, 0.3) is 18.3 Å². The molecule has 802 valence electrons. The van der Waals surface area contributed by atoms with Crippen molar-refractivity contribution in [3.63, 3.8) is 0 Å². The molecular weight excluding hydrogens is 1880 g/mol. The molecule has 9 saturated heterocycles. The molecule has 0 aromatic rings. The topological polar surface area (TPSA) is 733 Å². The largest absolute Gasteiger partial charge is 0.435 e. The highest BCUT2D eigenvalue weighted by atomic mass is 16.8. The number of carbonyl (C=O) groups is 5. The summed E-state index contributed by atoms with van der Waals surface area (Å²) >= 11 is 0. The molecule has 52 atom stereocenters. The van der Waals surface area contributed by atoms with Gasteiger partial charge in [0.1, 0.15) is 164 Å². The van der Waals surface area contributed by atoms with Gasteiger partial charge in [0, 0.05) is 42.7 Å². The maximum atomic E-state index is 16.6. The molecule has 15 rings (SSSR count). The predicted octanol–water partition coefficient (Wildman–Crippen LogP) is -7.96. The fourth-order valence-electron chi connectivity index (χ4n) is 24.7. The first-order valence-corrected chi connectivity index (χ1v) is 48.8. The van der Waals surface area contributed by atoms with Gasteiger partial charge in [-0.15, -0.1) is 0 Å². The Hall–Kier alpha value is -4.86. The van der Waals surface area contributed by atoms with Crippen molar-refractivity contribution in [3.05, 3.63) is 23.8 Å². The van der Waals surface area contributed by atoms with E-state index < -0.39 is 371 Å². The van der Waals surface area contributed by atoms with Gasteiger partial charge in [-0.3, -0.25) is 28.9 Å². The average Bonchev–Trinajstić information content (AvgIpc) is 0.701. The average molecular weight is 2030 g/mol. The second-order valence-corrected chi connectivity index (χ2v) is 42.6. The van der Waals surface area contributed by atoms with Crippen LogP contribution < -0.4 is 5.43 Å². The van der Waals surface area contributed by atoms with Crippen LogP contribution in [-0.2, 0) is 114 Å². The van der Waals surface area contributed by atoms with Gasteiger partial charge in [-0.25, -0.2) is 5.43 Å². The summed E-state index contributed by atoms with van der Waals surface area (Å²) in [5.74, 6) is -4.79. The third kappa shape index (κ3) is 21.0. The number of ether oxygens (including phenoxy) is 19. The van der Waals surface area contributed by atoms with E-state index in [1.165, 1.54) is 26.0 Å². The van der Waals surface area contributed by atoms with E-state index in [1.807, 2.05) is 20.8 Å². The normalized spacial score (nSPS) is 51.2. The van der Waals surface area contributed by atoms with Crippen LogP contribution in [0.15, 0.2) is 28.9 Å². The van der Waals surface area contributed by atoms with Crippen LogP contribution in [0.4, 0.5) is 0 Å². The van der Waals surface area contributed by atoms with Crippen molar-refractivity contribution in [1.82, 2.24) is 10.3 Å². The van der Waals surface area contributed by atoms with Crippen molar-refractivity contribution in [2.45, 2.75) is 417 Å². The lowest BCUT2D eigenvalue weighted by molar-refractivity contribution is -0.410. The van der Waals surface area contributed by atoms with Crippen molar-refractivity contribution in [2.24, 2.45) is 61.3 Å². The van der Waals surface area contributed by atoms with Gasteiger partial charge in [0.05, 0.1) is 69.7 Å². The second kappa shape index (κ2) is 44.0. The minimum Gasteiger partial charge on any atom is -0.435 e. The summed E-state index contributed by atoms with van der Waals surface area (Å²) in [5, 5.41) is 253. The number of hydrogen-bond acceptors (Lipinski definition) is 47. The van der Waals surface area contributed by atoms with E-state index in [4.69, 9.17) is 90.0 Å². The summed E-state index contributed by atoms with van der Waals surface area (Å²) < 4.78 is 117. The molecule has 49 nitrogen and oxygen atoms in total. The molecule has 3 amide bonds. The predicted molar refractivity (Wildman–Crippen MR) is 464 cm³/mol. The van der Waals surface area contributed by atoms with Crippen molar-refractivity contribution < 1.29 is 226 Å². The van der Waals surface area contributed by atoms with Crippen LogP contribution >= 0.6 is 0 Å². The molecule has 15 aliphatic rings. The highest BCUT2D eigenvalue weighted by molar-refractivity contribution is 6.12. The fourth-order valence-corrected chi connectivity index (χ4v) is 24.7. The summed E-state index contributed by atoms with van der Waals surface area (Å²) in [5.41, 5.74) is -2.79. The molecule has 5 aliphatic carbocycles. The van der Waals surface area contributed by atoms with E-state index in [1.54, 1.807) is 20.1 Å². The number of aliphatic hydroxyl groups excluding tert-OH is 22. The van der Waals surface area contributed by atoms with Crippen LogP contribution in [0.2, 0.25) is 0 Å². The minimum atomic E-state index is -2.21. The molecule has 0 aromatic heterocycles. The Labute approximate surface area is 811 Å². The SMILES string of the molecule is CC1OC(OC2C(C)OC(OC(=O)[C@]34CCC(C)(C)CC3C3=CCC5[C@@]6(C)CC[C@H](OC7OC(OC=O)C(O)C(OC8OCC(O)C(O)C8O)C7OC7OC(CO)C(O)C(O)C7O)[C@@](C)(/C=N/NC(=O)CCCCCN7C(=O)C=CC7=O)C6CC[C@@]5(C)[C@]3(C)CC4O)C(OC3OC(C)C(OC4OCC(O)C(OC5OC(CO)C(O)C(O)C5O)C4O)C(O)C3O)C2O)C(O)C(OC2OCC(O)C(O)C2O)C1C. The number of allylic oxidation sites excluding steroid dienone is 2. The summed E-state index contributed by atoms with van der Waals surface area (Å²) in [6, 6.07) is 0. The number of unbranched alkanes of at least 4 members (excludes halogenated alkanes) is 2. The highest BCUT2D eigenvalue weighted by Crippen LogP contribution is 2.76. The maximum absolute atomic E-state index is 16.6. The summed E-state index contributed by atoms with van der Waals surface area (Å²) in [6.07, 6.45) is -67.8. The monoisotopic (exact) mass is 2030 g/mol. The van der Waals surface area contributed by atoms with Gasteiger partial charge in [0.2, 0.25) is 18.5 Å². The first kappa shape index (κ1) is 110. The zero-order valence-corrected chi connectivity index (χ0v) is 80.0. The van der Waals surface area contributed by atoms with Crippen molar-refractivity contribution in [1.29, 1.82) is 0 Å². The first-order valence-electron chi connectivity index (χ1n) is 48.8. The second-order valence-electron chi connectivity index (χ2n) is 42.6. The van der Waals surface area contributed by atoms with Crippen molar-refractivity contribution in [3.8, 4) is 0 Å². The van der Waals surface area contributed by atoms with Crippen LogP contribution in [0, 0.1) is 56.2 Å². The number of fused-ring (bicyclic) bond motifs is 7. The Kier molecular flexibility index (Phi) is 34.4. The van der Waals surface area contributed by atoms with E-state index in [2.05, 4.69) is 37.4 Å². The number of carbonyl (C=O) groups excluding carboxylic acids is 5. The highest BCUT2D eigenvalue weighted by Gasteiger charge is 2.74. The standard InChI is InChI=1S/C92H143N3O46/c1-35-36(2)127-83(66(119)69(35)133-76-60(113)53(106)41(99)30-123-76)135-71-38(4)129-84(74(65(71)118)138-80-64(117)59(112)70(37(3)128-80)134-78-67(120)72(43(101)32-125-78)136-81-62(115)57(110)55(108)44(28-96)130-81)141-86(122)92-24-23-87(5,6)26-40(92)39-15-16-47-88(7)21-20-49(89(8,46(88)19-22-90(47,9)91(39,10)27-48(92)102)33-93-94-50(103)14-12-11-13-25-95-51(104)17-18-52(95)105)132-85-75(139-82-63(116)58(111)56(109)45(29-97)131-82)73(68(121)79(140-85)126-34-98)137-77-61(114)54(107)42(100)31-124-77/h15,17-18,33-38,40-49,53-85,96-97,99-102,106-121H,11-14,16,19-32H2,1-10H3,(H,94,103)/b93-33+/t35?,36?,37?,38?,40?,41?,42?,43?,44?,45?,46?,47?,48?,49-,53?,54?,55?,56?,57?,58?,59?,60?,61?,62?,63?,64?,65?,66?,67?,68?,69?,70?,71?,72?,73?,74?,75?,76?,77?,78?,79?,80?,81?,82?,83?,84?,85?,88-,89-,90+,91+,92+/m0/s1. The molecule has 0 radical (unpaired) electrons. The van der Waals surface area contributed by atoms with Crippen LogP contribution in [-0.4, -0.2) is 458 Å². The van der Waals surface area contributed by atoms with Crippen LogP contribution in [0.25, 0.3) is 0 Å². The molecule has 0 bridgehead atoms. The Balaban J connectivity index is 0.725. The number of aliphatic hydroxyl groups is 22. The zero-order valence-electron chi connectivity index (χ0n) is 80.0. The van der Waals surface area contributed by atoms with Crippen LogP contribution in [0.5, 0.6) is 0 Å². The van der Waals surface area contributed by atoms with E-state index in [-0.39, 0.29) is 44.6 Å². The van der Waals surface area contributed by atoms with Gasteiger partial charge in [0.15, 0.2) is 56.4 Å². The van der Waals surface area contributed by atoms with E-state index in [9.17, 15) is 132 Å². The molecule has 46 unspecified atom stereocenters. The molecule has 49 heteroatoms.